The second-order valence-corrected chi connectivity index (χ2v) is 3.12. The fourth-order valence-corrected chi connectivity index (χ4v) is 1.29. The molecule has 1 aliphatic rings. The number of carboxylic acids is 1. The van der Waals surface area contributed by atoms with Crippen LogP contribution in [0, 0.1) is 0 Å². The van der Waals surface area contributed by atoms with Crippen LogP contribution in [0.2, 0.25) is 0 Å². The van der Waals surface area contributed by atoms with E-state index in [2.05, 4.69) is 15.1 Å². The minimum atomic E-state index is -1.12. The summed E-state index contributed by atoms with van der Waals surface area (Å²) in [5.74, 6) is -1.18. The Hall–Kier alpha value is -2.31. The maximum atomic E-state index is 11.5. The van der Waals surface area contributed by atoms with Crippen LogP contribution in [0.1, 0.15) is 12.8 Å². The molecule has 0 radical (unpaired) electrons. The van der Waals surface area contributed by atoms with Crippen molar-refractivity contribution < 1.29 is 14.7 Å². The Balaban J connectivity index is 2.35. The Bertz CT molecular complexity index is 457. The molecule has 1 aromatic heterocycles. The number of aromatic nitrogens is 2. The first-order valence-corrected chi connectivity index (χ1v) is 4.58. The maximum Gasteiger partial charge on any atom is 0.352 e. The van der Waals surface area contributed by atoms with Crippen LogP contribution in [0.15, 0.2) is 23.7 Å². The summed E-state index contributed by atoms with van der Waals surface area (Å²) < 4.78 is 0. The number of nitrogens with zero attached hydrogens (tertiary/aromatic N) is 4. The lowest BCUT2D eigenvalue weighted by Gasteiger charge is -2.20. The Kier molecular flexibility index (Phi) is 2.59. The molecule has 0 unspecified atom stereocenters. The molecule has 0 saturated carbocycles. The van der Waals surface area contributed by atoms with Crippen LogP contribution in [0.5, 0.6) is 0 Å². The standard InChI is InChI=1S/C9H8N4O3/c14-8-2-1-6(9(15)16)12-13(8)7-5-10-3-4-11-7/h3-5H,1-2H2,(H,15,16). The van der Waals surface area contributed by atoms with Crippen molar-refractivity contribution in [2.45, 2.75) is 12.8 Å². The summed E-state index contributed by atoms with van der Waals surface area (Å²) in [6, 6.07) is 0. The number of carboxylic acid groups (broad SMARTS) is 1. The quantitative estimate of drug-likeness (QED) is 0.759. The van der Waals surface area contributed by atoms with E-state index in [1.54, 1.807) is 0 Å². The Morgan fingerprint density at radius 1 is 1.38 bits per heavy atom. The molecule has 0 saturated heterocycles. The summed E-state index contributed by atoms with van der Waals surface area (Å²) in [4.78, 5) is 29.9. The van der Waals surface area contributed by atoms with Gasteiger partial charge in [0.15, 0.2) is 5.82 Å². The molecule has 0 spiro atoms. The van der Waals surface area contributed by atoms with Crippen LogP contribution >= 0.6 is 0 Å². The second-order valence-electron chi connectivity index (χ2n) is 3.12. The van der Waals surface area contributed by atoms with Crippen molar-refractivity contribution in [2.24, 2.45) is 5.10 Å². The van der Waals surface area contributed by atoms with Crippen LogP contribution in [0.3, 0.4) is 0 Å². The van der Waals surface area contributed by atoms with Gasteiger partial charge in [-0.1, -0.05) is 0 Å². The van der Waals surface area contributed by atoms with Gasteiger partial charge < -0.3 is 5.11 Å². The smallest absolute Gasteiger partial charge is 0.352 e. The summed E-state index contributed by atoms with van der Waals surface area (Å²) in [7, 11) is 0. The van der Waals surface area contributed by atoms with Crippen molar-refractivity contribution in [3.05, 3.63) is 18.6 Å². The van der Waals surface area contributed by atoms with Crippen LogP contribution in [0.25, 0.3) is 0 Å². The average molecular weight is 220 g/mol. The minimum Gasteiger partial charge on any atom is -0.477 e. The van der Waals surface area contributed by atoms with Gasteiger partial charge in [-0.15, -0.1) is 0 Å². The third-order valence-corrected chi connectivity index (χ3v) is 2.05. The molecular formula is C9H8N4O3. The van der Waals surface area contributed by atoms with E-state index in [4.69, 9.17) is 5.11 Å². The van der Waals surface area contributed by atoms with E-state index in [0.717, 1.165) is 5.01 Å². The first-order valence-electron chi connectivity index (χ1n) is 4.58. The Morgan fingerprint density at radius 2 is 2.19 bits per heavy atom. The summed E-state index contributed by atoms with van der Waals surface area (Å²) >= 11 is 0. The van der Waals surface area contributed by atoms with Gasteiger partial charge in [-0.25, -0.2) is 9.78 Å². The zero-order valence-electron chi connectivity index (χ0n) is 8.20. The summed E-state index contributed by atoms with van der Waals surface area (Å²) in [5, 5.41) is 13.5. The lowest BCUT2D eigenvalue weighted by molar-refractivity contribution is -0.129. The van der Waals surface area contributed by atoms with Gasteiger partial charge in [-0.3, -0.25) is 9.78 Å². The number of rotatable bonds is 2. The molecule has 0 atom stereocenters. The molecule has 7 heteroatoms. The van der Waals surface area contributed by atoms with Crippen LogP contribution in [-0.4, -0.2) is 32.7 Å². The van der Waals surface area contributed by atoms with E-state index in [1.807, 2.05) is 0 Å². The highest BCUT2D eigenvalue weighted by atomic mass is 16.4. The van der Waals surface area contributed by atoms with Gasteiger partial charge in [0.1, 0.15) is 5.71 Å². The van der Waals surface area contributed by atoms with Gasteiger partial charge in [0.25, 0.3) is 0 Å². The molecule has 0 aromatic carbocycles. The topological polar surface area (TPSA) is 95.8 Å². The van der Waals surface area contributed by atoms with Crippen molar-refractivity contribution in [1.29, 1.82) is 0 Å². The normalized spacial score (nSPS) is 15.9. The number of hydrazone groups is 1. The summed E-state index contributed by atoms with van der Waals surface area (Å²) in [6.45, 7) is 0. The molecule has 0 aliphatic carbocycles. The van der Waals surface area contributed by atoms with Gasteiger partial charge in [-0.2, -0.15) is 10.1 Å². The fourth-order valence-electron chi connectivity index (χ4n) is 1.29. The molecule has 0 fully saturated rings. The van der Waals surface area contributed by atoms with Crippen LogP contribution in [0.4, 0.5) is 5.82 Å². The monoisotopic (exact) mass is 220 g/mol. The first kappa shape index (κ1) is 10.2. The number of carbonyl (C=O) groups is 2. The van der Waals surface area contributed by atoms with E-state index in [-0.39, 0.29) is 30.3 Å². The summed E-state index contributed by atoms with van der Waals surface area (Å²) in [5.41, 5.74) is -0.0507. The summed E-state index contributed by atoms with van der Waals surface area (Å²) in [6.07, 6.45) is 4.48. The molecule has 82 valence electrons. The van der Waals surface area contributed by atoms with Crippen molar-refractivity contribution in [3.63, 3.8) is 0 Å². The zero-order chi connectivity index (χ0) is 11.5. The van der Waals surface area contributed by atoms with E-state index >= 15 is 0 Å². The molecule has 1 aliphatic heterocycles. The third-order valence-electron chi connectivity index (χ3n) is 2.05. The Morgan fingerprint density at radius 3 is 2.81 bits per heavy atom. The van der Waals surface area contributed by atoms with Gasteiger partial charge >= 0.3 is 5.97 Å². The molecule has 1 aromatic rings. The number of anilines is 1. The van der Waals surface area contributed by atoms with Crippen molar-refractivity contribution in [2.75, 3.05) is 5.01 Å². The number of carbonyl (C=O) groups excluding carboxylic acids is 1. The third kappa shape index (κ3) is 1.88. The lowest BCUT2D eigenvalue weighted by atomic mass is 10.2. The van der Waals surface area contributed by atoms with Gasteiger partial charge in [0.2, 0.25) is 5.91 Å². The van der Waals surface area contributed by atoms with Gasteiger partial charge in [0.05, 0.1) is 6.20 Å². The molecule has 0 bridgehead atoms. The van der Waals surface area contributed by atoms with Crippen molar-refractivity contribution >= 4 is 23.4 Å². The number of amides is 1. The largest absolute Gasteiger partial charge is 0.477 e. The second kappa shape index (κ2) is 4.05. The van der Waals surface area contributed by atoms with Crippen molar-refractivity contribution in [3.8, 4) is 0 Å². The highest BCUT2D eigenvalue weighted by Gasteiger charge is 2.25. The van der Waals surface area contributed by atoms with Gasteiger partial charge in [-0.05, 0) is 0 Å². The van der Waals surface area contributed by atoms with Crippen LogP contribution < -0.4 is 5.01 Å². The minimum absolute atomic E-state index is 0.0507. The average Bonchev–Trinajstić information content (AvgIpc) is 2.30. The highest BCUT2D eigenvalue weighted by Crippen LogP contribution is 2.16. The number of hydrogen-bond donors (Lipinski definition) is 1. The number of hydrogen-bond acceptors (Lipinski definition) is 5. The number of aliphatic carboxylic acids is 1. The predicted molar refractivity (Wildman–Crippen MR) is 53.8 cm³/mol. The molecule has 2 rings (SSSR count). The Labute approximate surface area is 90.4 Å². The SMILES string of the molecule is O=C(O)C1=NN(c2cnccn2)C(=O)CC1. The van der Waals surface area contributed by atoms with Crippen LogP contribution in [-0.2, 0) is 9.59 Å². The molecule has 1 N–H and O–H groups in total. The zero-order valence-corrected chi connectivity index (χ0v) is 8.20. The van der Waals surface area contributed by atoms with E-state index in [0.29, 0.717) is 0 Å². The van der Waals surface area contributed by atoms with E-state index in [1.165, 1.54) is 18.6 Å². The molecule has 7 nitrogen and oxygen atoms in total. The molecule has 1 amide bonds. The lowest BCUT2D eigenvalue weighted by Crippen LogP contribution is -2.34. The first-order chi connectivity index (χ1) is 7.68. The molecular weight excluding hydrogens is 212 g/mol. The highest BCUT2D eigenvalue weighted by molar-refractivity contribution is 6.37. The maximum absolute atomic E-state index is 11.5. The van der Waals surface area contributed by atoms with E-state index < -0.39 is 5.97 Å². The van der Waals surface area contributed by atoms with Gasteiger partial charge in [0, 0.05) is 25.2 Å². The van der Waals surface area contributed by atoms with Crippen molar-refractivity contribution in [1.82, 2.24) is 9.97 Å². The molecule has 2 heterocycles. The predicted octanol–water partition coefficient (Wildman–Crippen LogP) is 0.0440. The molecule has 16 heavy (non-hydrogen) atoms. The fraction of sp³-hybridized carbons (Fsp3) is 0.222. The van der Waals surface area contributed by atoms with E-state index in [9.17, 15) is 9.59 Å².